The highest BCUT2D eigenvalue weighted by atomic mass is 16.4. The number of carboxylic acids is 1. The molecule has 0 amide bonds. The van der Waals surface area contributed by atoms with Crippen molar-refractivity contribution in [2.24, 2.45) is 0 Å². The van der Waals surface area contributed by atoms with Crippen LogP contribution in [0.5, 0.6) is 0 Å². The van der Waals surface area contributed by atoms with E-state index in [-0.39, 0.29) is 13.2 Å². The van der Waals surface area contributed by atoms with E-state index >= 15 is 0 Å². The fourth-order valence-electron chi connectivity index (χ4n) is 2.35. The minimum atomic E-state index is -0.664. The standard InChI is InChI=1S/C18H34O2.C2H6O2/c1-2-3-4-5-6-7-8-9-10-11-12-13-14-15-16-17-18(19)20;3-1-2-4/h9-10H,2-8,11-17H2,1H3,(H,19,20);3-4H,1-2H2. The summed E-state index contributed by atoms with van der Waals surface area (Å²) >= 11 is 0. The molecule has 0 unspecified atom stereocenters. The Hall–Kier alpha value is -0.870. The molecule has 0 aliphatic heterocycles. The molecule has 24 heavy (non-hydrogen) atoms. The van der Waals surface area contributed by atoms with Gasteiger partial charge in [-0.2, -0.15) is 0 Å². The Morgan fingerprint density at radius 3 is 1.54 bits per heavy atom. The van der Waals surface area contributed by atoms with Gasteiger partial charge >= 0.3 is 5.97 Å². The van der Waals surface area contributed by atoms with Crippen molar-refractivity contribution in [2.45, 2.75) is 96.8 Å². The Morgan fingerprint density at radius 1 is 0.708 bits per heavy atom. The number of aliphatic carboxylic acids is 1. The van der Waals surface area contributed by atoms with Crippen LogP contribution in [0.1, 0.15) is 96.8 Å². The van der Waals surface area contributed by atoms with E-state index in [1.54, 1.807) is 0 Å². The number of hydrogen-bond acceptors (Lipinski definition) is 3. The van der Waals surface area contributed by atoms with Crippen molar-refractivity contribution < 1.29 is 20.1 Å². The quantitative estimate of drug-likeness (QED) is 0.269. The van der Waals surface area contributed by atoms with Crippen molar-refractivity contribution >= 4 is 5.97 Å². The molecule has 0 saturated heterocycles. The maximum absolute atomic E-state index is 10.3. The summed E-state index contributed by atoms with van der Waals surface area (Å²) in [5.41, 5.74) is 0. The second-order valence-electron chi connectivity index (χ2n) is 6.18. The van der Waals surface area contributed by atoms with E-state index in [2.05, 4.69) is 19.1 Å². The number of unbranched alkanes of at least 4 members (excludes halogenated alkanes) is 11. The number of aliphatic hydroxyl groups is 2. The van der Waals surface area contributed by atoms with Gasteiger partial charge in [-0.15, -0.1) is 0 Å². The molecule has 0 rings (SSSR count). The third-order valence-electron chi connectivity index (χ3n) is 3.75. The first-order valence-electron chi connectivity index (χ1n) is 9.77. The summed E-state index contributed by atoms with van der Waals surface area (Å²) in [6.45, 7) is 2.01. The molecule has 3 N–H and O–H groups in total. The molecule has 0 aliphatic carbocycles. The SMILES string of the molecule is CCCCCCCCC=CCCCCCCCC(=O)O.OCCO. The Balaban J connectivity index is 0. The predicted molar refractivity (Wildman–Crippen MR) is 101 cm³/mol. The number of hydrogen-bond donors (Lipinski definition) is 3. The van der Waals surface area contributed by atoms with Crippen LogP contribution in [0, 0.1) is 0 Å². The number of allylic oxidation sites excluding steroid dienone is 2. The van der Waals surface area contributed by atoms with Crippen molar-refractivity contribution in [1.29, 1.82) is 0 Å². The first-order valence-corrected chi connectivity index (χ1v) is 9.77. The Labute approximate surface area is 149 Å². The van der Waals surface area contributed by atoms with Crippen molar-refractivity contribution in [3.8, 4) is 0 Å². The molecule has 0 aromatic heterocycles. The zero-order valence-electron chi connectivity index (χ0n) is 15.7. The van der Waals surface area contributed by atoms with Crippen molar-refractivity contribution in [2.75, 3.05) is 13.2 Å². The lowest BCUT2D eigenvalue weighted by molar-refractivity contribution is -0.137. The maximum Gasteiger partial charge on any atom is 0.303 e. The number of carboxylic acid groups (broad SMARTS) is 1. The summed E-state index contributed by atoms with van der Waals surface area (Å²) < 4.78 is 0. The molecule has 0 saturated carbocycles. The predicted octanol–water partition coefficient (Wildman–Crippen LogP) is 5.08. The summed E-state index contributed by atoms with van der Waals surface area (Å²) in [4.78, 5) is 10.3. The van der Waals surface area contributed by atoms with Gasteiger partial charge in [0.15, 0.2) is 0 Å². The van der Waals surface area contributed by atoms with Crippen LogP contribution >= 0.6 is 0 Å². The highest BCUT2D eigenvalue weighted by molar-refractivity contribution is 5.66. The molecule has 0 atom stereocenters. The maximum atomic E-state index is 10.3. The average Bonchev–Trinajstić information content (AvgIpc) is 2.58. The van der Waals surface area contributed by atoms with E-state index < -0.39 is 5.97 Å². The third-order valence-corrected chi connectivity index (χ3v) is 3.75. The van der Waals surface area contributed by atoms with Crippen molar-refractivity contribution in [3.05, 3.63) is 12.2 Å². The molecule has 0 heterocycles. The monoisotopic (exact) mass is 344 g/mol. The molecule has 0 bridgehead atoms. The molecule has 0 aromatic carbocycles. The molecular weight excluding hydrogens is 304 g/mol. The number of aliphatic hydroxyl groups excluding tert-OH is 2. The van der Waals surface area contributed by atoms with Gasteiger partial charge in [-0.1, -0.05) is 70.4 Å². The molecule has 0 radical (unpaired) electrons. The summed E-state index contributed by atoms with van der Waals surface area (Å²) in [5, 5.41) is 23.8. The van der Waals surface area contributed by atoms with E-state index in [9.17, 15) is 4.79 Å². The van der Waals surface area contributed by atoms with E-state index in [0.717, 1.165) is 12.8 Å². The van der Waals surface area contributed by atoms with E-state index in [1.165, 1.54) is 70.6 Å². The molecule has 0 aromatic rings. The minimum absolute atomic E-state index is 0.125. The number of carbonyl (C=O) groups is 1. The average molecular weight is 345 g/mol. The molecule has 4 heteroatoms. The molecule has 144 valence electrons. The van der Waals surface area contributed by atoms with Crippen molar-refractivity contribution in [3.63, 3.8) is 0 Å². The van der Waals surface area contributed by atoms with Crippen molar-refractivity contribution in [1.82, 2.24) is 0 Å². The normalized spacial score (nSPS) is 10.6. The van der Waals surface area contributed by atoms with Gasteiger partial charge in [-0.05, 0) is 32.1 Å². The van der Waals surface area contributed by atoms with Crippen LogP contribution in [0.2, 0.25) is 0 Å². The highest BCUT2D eigenvalue weighted by Gasteiger charge is 1.95. The zero-order chi connectivity index (χ0) is 18.3. The van der Waals surface area contributed by atoms with Crippen LogP contribution in [-0.4, -0.2) is 34.5 Å². The van der Waals surface area contributed by atoms with Gasteiger partial charge in [0.25, 0.3) is 0 Å². The minimum Gasteiger partial charge on any atom is -0.481 e. The van der Waals surface area contributed by atoms with E-state index in [1.807, 2.05) is 0 Å². The summed E-state index contributed by atoms with van der Waals surface area (Å²) in [5.74, 6) is -0.664. The second-order valence-corrected chi connectivity index (χ2v) is 6.18. The zero-order valence-corrected chi connectivity index (χ0v) is 15.7. The van der Waals surface area contributed by atoms with Crippen LogP contribution in [0.25, 0.3) is 0 Å². The topological polar surface area (TPSA) is 77.8 Å². The molecule has 0 spiro atoms. The molecule has 0 aliphatic rings. The van der Waals surface area contributed by atoms with Gasteiger partial charge in [0.2, 0.25) is 0 Å². The molecule has 0 fully saturated rings. The van der Waals surface area contributed by atoms with Crippen LogP contribution in [-0.2, 0) is 4.79 Å². The lowest BCUT2D eigenvalue weighted by Crippen LogP contribution is -1.93. The van der Waals surface area contributed by atoms with Gasteiger partial charge in [-0.25, -0.2) is 0 Å². The first kappa shape index (κ1) is 25.4. The number of rotatable bonds is 16. The van der Waals surface area contributed by atoms with Crippen LogP contribution < -0.4 is 0 Å². The Kier molecular flexibility index (Phi) is 25.8. The van der Waals surface area contributed by atoms with Gasteiger partial charge in [-0.3, -0.25) is 4.79 Å². The fourth-order valence-corrected chi connectivity index (χ4v) is 2.35. The smallest absolute Gasteiger partial charge is 0.303 e. The van der Waals surface area contributed by atoms with Gasteiger partial charge in [0, 0.05) is 6.42 Å². The lowest BCUT2D eigenvalue weighted by Gasteiger charge is -1.99. The van der Waals surface area contributed by atoms with Crippen LogP contribution in [0.3, 0.4) is 0 Å². The summed E-state index contributed by atoms with van der Waals surface area (Å²) in [6.07, 6.45) is 21.2. The third kappa shape index (κ3) is 29.2. The van der Waals surface area contributed by atoms with Crippen LogP contribution in [0.15, 0.2) is 12.2 Å². The fraction of sp³-hybridized carbons (Fsp3) is 0.850. The van der Waals surface area contributed by atoms with Gasteiger partial charge < -0.3 is 15.3 Å². The Bertz CT molecular complexity index is 262. The van der Waals surface area contributed by atoms with Gasteiger partial charge in [0.05, 0.1) is 13.2 Å². The summed E-state index contributed by atoms with van der Waals surface area (Å²) in [7, 11) is 0. The van der Waals surface area contributed by atoms with Gasteiger partial charge in [0.1, 0.15) is 0 Å². The molecular formula is C20H40O4. The first-order chi connectivity index (χ1) is 11.7. The second kappa shape index (κ2) is 24.4. The Morgan fingerprint density at radius 2 is 1.12 bits per heavy atom. The lowest BCUT2D eigenvalue weighted by atomic mass is 10.1. The van der Waals surface area contributed by atoms with Crippen LogP contribution in [0.4, 0.5) is 0 Å². The highest BCUT2D eigenvalue weighted by Crippen LogP contribution is 2.09. The van der Waals surface area contributed by atoms with E-state index in [0.29, 0.717) is 6.42 Å². The van der Waals surface area contributed by atoms with E-state index in [4.69, 9.17) is 15.3 Å². The largest absolute Gasteiger partial charge is 0.481 e. The molecule has 4 nitrogen and oxygen atoms in total. The summed E-state index contributed by atoms with van der Waals surface area (Å²) in [6, 6.07) is 0.